The Morgan fingerprint density at radius 3 is 2.48 bits per heavy atom. The highest BCUT2D eigenvalue weighted by atomic mass is 32.2. The van der Waals surface area contributed by atoms with Gasteiger partial charge in [0, 0.05) is 37.7 Å². The number of sulfone groups is 1. The van der Waals surface area contributed by atoms with E-state index in [2.05, 4.69) is 9.88 Å². The molecular weight excluding hydrogens is 362 g/mol. The Morgan fingerprint density at radius 2 is 1.78 bits per heavy atom. The highest BCUT2D eigenvalue weighted by Gasteiger charge is 2.20. The third kappa shape index (κ3) is 3.89. The zero-order valence-electron chi connectivity index (χ0n) is 14.9. The number of ether oxygens (including phenoxy) is 1. The third-order valence-electron chi connectivity index (χ3n) is 4.66. The van der Waals surface area contributed by atoms with Gasteiger partial charge in [-0.05, 0) is 35.9 Å². The fraction of sp³-hybridized carbons (Fsp3) is 0.250. The number of morpholine rings is 1. The maximum Gasteiger partial charge on any atom is 0.206 e. The highest BCUT2D eigenvalue weighted by molar-refractivity contribution is 7.91. The zero-order valence-corrected chi connectivity index (χ0v) is 15.7. The molecule has 0 saturated carbocycles. The van der Waals surface area contributed by atoms with Crippen LogP contribution in [0.3, 0.4) is 0 Å². The Labute approximate surface area is 159 Å². The van der Waals surface area contributed by atoms with Crippen LogP contribution in [0.15, 0.2) is 77.0 Å². The van der Waals surface area contributed by atoms with E-state index in [4.69, 9.17) is 4.74 Å². The summed E-state index contributed by atoms with van der Waals surface area (Å²) >= 11 is 0. The van der Waals surface area contributed by atoms with E-state index in [0.717, 1.165) is 24.3 Å². The van der Waals surface area contributed by atoms with Gasteiger partial charge in [-0.1, -0.05) is 18.2 Å². The van der Waals surface area contributed by atoms with Crippen LogP contribution in [-0.2, 0) is 21.1 Å². The van der Waals surface area contributed by atoms with Crippen LogP contribution < -0.4 is 4.90 Å². The summed E-state index contributed by atoms with van der Waals surface area (Å²) in [6, 6.07) is 14.2. The van der Waals surface area contributed by atoms with Crippen LogP contribution in [0.5, 0.6) is 0 Å². The van der Waals surface area contributed by atoms with Crippen molar-refractivity contribution in [2.45, 2.75) is 16.3 Å². The van der Waals surface area contributed by atoms with Crippen molar-refractivity contribution < 1.29 is 13.2 Å². The topological polar surface area (TPSA) is 64.4 Å². The minimum Gasteiger partial charge on any atom is -0.378 e. The summed E-state index contributed by atoms with van der Waals surface area (Å²) in [7, 11) is -3.56. The van der Waals surface area contributed by atoms with Crippen molar-refractivity contribution in [3.8, 4) is 0 Å². The molecule has 0 aliphatic carbocycles. The molecule has 7 heteroatoms. The number of imidazole rings is 1. The van der Waals surface area contributed by atoms with E-state index in [1.807, 2.05) is 29.0 Å². The van der Waals surface area contributed by atoms with Crippen LogP contribution in [0.4, 0.5) is 5.69 Å². The Balaban J connectivity index is 1.57. The molecule has 1 saturated heterocycles. The largest absolute Gasteiger partial charge is 0.378 e. The summed E-state index contributed by atoms with van der Waals surface area (Å²) in [5, 5.41) is 0. The second kappa shape index (κ2) is 7.54. The molecule has 0 spiro atoms. The first-order valence-electron chi connectivity index (χ1n) is 8.85. The minimum absolute atomic E-state index is 0.302. The van der Waals surface area contributed by atoms with E-state index in [1.54, 1.807) is 42.9 Å². The van der Waals surface area contributed by atoms with Gasteiger partial charge in [0.2, 0.25) is 9.84 Å². The lowest BCUT2D eigenvalue weighted by atomic mass is 10.2. The van der Waals surface area contributed by atoms with E-state index in [9.17, 15) is 8.42 Å². The Morgan fingerprint density at radius 1 is 1.00 bits per heavy atom. The monoisotopic (exact) mass is 383 g/mol. The molecule has 0 N–H and O–H groups in total. The summed E-state index contributed by atoms with van der Waals surface area (Å²) in [5.74, 6) is 0. The summed E-state index contributed by atoms with van der Waals surface area (Å²) in [4.78, 5) is 6.78. The SMILES string of the molecule is O=S(=O)(c1ccc(Cn2ccnc2)cc1)c1cccc(N2CCOCC2)c1. The van der Waals surface area contributed by atoms with Gasteiger partial charge in [0.15, 0.2) is 0 Å². The molecule has 27 heavy (non-hydrogen) atoms. The number of aromatic nitrogens is 2. The molecule has 0 unspecified atom stereocenters. The molecule has 4 rings (SSSR count). The van der Waals surface area contributed by atoms with Gasteiger partial charge in [-0.3, -0.25) is 0 Å². The number of hydrogen-bond donors (Lipinski definition) is 0. The second-order valence-corrected chi connectivity index (χ2v) is 8.43. The normalized spacial score (nSPS) is 15.0. The number of benzene rings is 2. The van der Waals surface area contributed by atoms with E-state index >= 15 is 0 Å². The predicted octanol–water partition coefficient (Wildman–Crippen LogP) is 2.60. The molecular formula is C20H21N3O3S. The van der Waals surface area contributed by atoms with E-state index < -0.39 is 9.84 Å². The first-order valence-corrected chi connectivity index (χ1v) is 10.3. The molecule has 6 nitrogen and oxygen atoms in total. The van der Waals surface area contributed by atoms with Crippen LogP contribution in [0, 0.1) is 0 Å². The van der Waals surface area contributed by atoms with Crippen LogP contribution in [0.2, 0.25) is 0 Å². The summed E-state index contributed by atoms with van der Waals surface area (Å²) in [5.41, 5.74) is 1.94. The summed E-state index contributed by atoms with van der Waals surface area (Å²) in [6.07, 6.45) is 5.34. The molecule has 0 atom stereocenters. The number of nitrogens with zero attached hydrogens (tertiary/aromatic N) is 3. The second-order valence-electron chi connectivity index (χ2n) is 6.48. The number of anilines is 1. The van der Waals surface area contributed by atoms with Crippen molar-refractivity contribution in [2.75, 3.05) is 31.2 Å². The van der Waals surface area contributed by atoms with Gasteiger partial charge in [-0.2, -0.15) is 0 Å². The van der Waals surface area contributed by atoms with Crippen molar-refractivity contribution in [3.63, 3.8) is 0 Å². The van der Waals surface area contributed by atoms with E-state index in [1.165, 1.54) is 0 Å². The Kier molecular flexibility index (Phi) is 4.96. The number of hydrogen-bond acceptors (Lipinski definition) is 5. The lowest BCUT2D eigenvalue weighted by Gasteiger charge is -2.29. The van der Waals surface area contributed by atoms with Gasteiger partial charge < -0.3 is 14.2 Å². The van der Waals surface area contributed by atoms with Gasteiger partial charge in [-0.15, -0.1) is 0 Å². The standard InChI is InChI=1S/C20H21N3O3S/c24-27(25,19-6-4-17(5-7-19)15-22-9-8-21-16-22)20-3-1-2-18(14-20)23-10-12-26-13-11-23/h1-9,14,16H,10-13,15H2. The molecule has 1 aromatic heterocycles. The molecule has 1 aliphatic rings. The van der Waals surface area contributed by atoms with Crippen molar-refractivity contribution in [3.05, 3.63) is 72.8 Å². The van der Waals surface area contributed by atoms with E-state index in [-0.39, 0.29) is 0 Å². The molecule has 0 radical (unpaired) electrons. The van der Waals surface area contributed by atoms with E-state index in [0.29, 0.717) is 29.5 Å². The summed E-state index contributed by atoms with van der Waals surface area (Å²) < 4.78 is 33.4. The van der Waals surface area contributed by atoms with Gasteiger partial charge >= 0.3 is 0 Å². The lowest BCUT2D eigenvalue weighted by Crippen LogP contribution is -2.36. The number of rotatable bonds is 5. The average molecular weight is 383 g/mol. The first-order chi connectivity index (χ1) is 13.1. The van der Waals surface area contributed by atoms with Crippen LogP contribution >= 0.6 is 0 Å². The van der Waals surface area contributed by atoms with Gasteiger partial charge in [0.05, 0.1) is 29.3 Å². The van der Waals surface area contributed by atoms with Crippen molar-refractivity contribution in [1.82, 2.24) is 9.55 Å². The smallest absolute Gasteiger partial charge is 0.206 e. The molecule has 2 heterocycles. The lowest BCUT2D eigenvalue weighted by molar-refractivity contribution is 0.122. The molecule has 0 amide bonds. The highest BCUT2D eigenvalue weighted by Crippen LogP contribution is 2.26. The Hall–Kier alpha value is -2.64. The van der Waals surface area contributed by atoms with Crippen LogP contribution in [-0.4, -0.2) is 44.3 Å². The van der Waals surface area contributed by atoms with Crippen LogP contribution in [0.25, 0.3) is 0 Å². The first kappa shape index (κ1) is 17.8. The molecule has 0 bridgehead atoms. The quantitative estimate of drug-likeness (QED) is 0.678. The molecule has 140 valence electrons. The average Bonchev–Trinajstić information content (AvgIpc) is 3.22. The summed E-state index contributed by atoms with van der Waals surface area (Å²) in [6.45, 7) is 3.52. The molecule has 1 aliphatic heterocycles. The maximum absolute atomic E-state index is 13.0. The van der Waals surface area contributed by atoms with Crippen molar-refractivity contribution in [2.24, 2.45) is 0 Å². The van der Waals surface area contributed by atoms with Crippen molar-refractivity contribution >= 4 is 15.5 Å². The minimum atomic E-state index is -3.56. The fourth-order valence-electron chi connectivity index (χ4n) is 3.17. The third-order valence-corrected chi connectivity index (χ3v) is 6.43. The fourth-order valence-corrected chi connectivity index (χ4v) is 4.47. The Bertz CT molecular complexity index is 993. The van der Waals surface area contributed by atoms with Crippen LogP contribution in [0.1, 0.15) is 5.56 Å². The van der Waals surface area contributed by atoms with Crippen molar-refractivity contribution in [1.29, 1.82) is 0 Å². The van der Waals surface area contributed by atoms with Gasteiger partial charge in [-0.25, -0.2) is 13.4 Å². The maximum atomic E-state index is 13.0. The predicted molar refractivity (Wildman–Crippen MR) is 103 cm³/mol. The molecule has 3 aromatic rings. The zero-order chi connectivity index (χ0) is 18.7. The van der Waals surface area contributed by atoms with Gasteiger partial charge in [0.1, 0.15) is 0 Å². The van der Waals surface area contributed by atoms with Gasteiger partial charge in [0.25, 0.3) is 0 Å². The molecule has 1 fully saturated rings. The molecule has 2 aromatic carbocycles.